The molecule has 2 rings (SSSR count). The van der Waals surface area contributed by atoms with Gasteiger partial charge in [-0.3, -0.25) is 9.48 Å². The molecular weight excluding hydrogens is 264 g/mol. The van der Waals surface area contributed by atoms with Gasteiger partial charge in [-0.05, 0) is 19.1 Å². The van der Waals surface area contributed by atoms with Crippen LogP contribution < -0.4 is 0 Å². The van der Waals surface area contributed by atoms with Gasteiger partial charge in [0.1, 0.15) is 11.6 Å². The zero-order chi connectivity index (χ0) is 14.7. The van der Waals surface area contributed by atoms with Crippen LogP contribution in [0.15, 0.2) is 30.6 Å². The smallest absolute Gasteiger partial charge is 0.256 e. The maximum absolute atomic E-state index is 13.6. The summed E-state index contributed by atoms with van der Waals surface area (Å²) in [5.74, 6) is -2.05. The summed E-state index contributed by atoms with van der Waals surface area (Å²) < 4.78 is 28.1. The Bertz CT molecular complexity index is 625. The first-order valence-corrected chi connectivity index (χ1v) is 6.23. The van der Waals surface area contributed by atoms with Gasteiger partial charge >= 0.3 is 0 Å². The Morgan fingerprint density at radius 3 is 2.75 bits per heavy atom. The van der Waals surface area contributed by atoms with Crippen molar-refractivity contribution in [1.82, 2.24) is 14.7 Å². The number of halogens is 2. The van der Waals surface area contributed by atoms with Gasteiger partial charge in [0.2, 0.25) is 0 Å². The molecule has 20 heavy (non-hydrogen) atoms. The van der Waals surface area contributed by atoms with Crippen LogP contribution in [0.4, 0.5) is 8.78 Å². The molecule has 0 aliphatic carbocycles. The quantitative estimate of drug-likeness (QED) is 0.862. The van der Waals surface area contributed by atoms with Crippen LogP contribution in [0.2, 0.25) is 0 Å². The Morgan fingerprint density at radius 2 is 2.15 bits per heavy atom. The molecule has 1 aromatic carbocycles. The van der Waals surface area contributed by atoms with Gasteiger partial charge in [0.15, 0.2) is 0 Å². The van der Waals surface area contributed by atoms with E-state index in [9.17, 15) is 13.6 Å². The largest absolute Gasteiger partial charge is 0.337 e. The van der Waals surface area contributed by atoms with Crippen LogP contribution in [0.3, 0.4) is 0 Å². The fraction of sp³-hybridized carbons (Fsp3) is 0.286. The lowest BCUT2D eigenvalue weighted by Crippen LogP contribution is -2.27. The Hall–Kier alpha value is -2.24. The minimum Gasteiger partial charge on any atom is -0.337 e. The highest BCUT2D eigenvalue weighted by Crippen LogP contribution is 2.13. The van der Waals surface area contributed by atoms with Crippen LogP contribution in [-0.2, 0) is 13.1 Å². The van der Waals surface area contributed by atoms with Crippen molar-refractivity contribution in [3.63, 3.8) is 0 Å². The predicted octanol–water partition coefficient (Wildman–Crippen LogP) is 2.45. The van der Waals surface area contributed by atoms with Crippen molar-refractivity contribution in [2.45, 2.75) is 20.0 Å². The molecule has 6 heteroatoms. The van der Waals surface area contributed by atoms with E-state index in [0.29, 0.717) is 12.6 Å². The van der Waals surface area contributed by atoms with Crippen LogP contribution in [0.25, 0.3) is 0 Å². The van der Waals surface area contributed by atoms with Gasteiger partial charge in [-0.2, -0.15) is 5.10 Å². The zero-order valence-corrected chi connectivity index (χ0v) is 11.3. The van der Waals surface area contributed by atoms with Crippen LogP contribution in [0, 0.1) is 11.6 Å². The topological polar surface area (TPSA) is 38.1 Å². The van der Waals surface area contributed by atoms with Gasteiger partial charge in [0.25, 0.3) is 5.91 Å². The number of aryl methyl sites for hydroxylation is 1. The molecule has 106 valence electrons. The van der Waals surface area contributed by atoms with Gasteiger partial charge < -0.3 is 4.90 Å². The van der Waals surface area contributed by atoms with E-state index in [1.807, 2.05) is 13.1 Å². The number of benzene rings is 1. The molecule has 0 spiro atoms. The van der Waals surface area contributed by atoms with Crippen molar-refractivity contribution < 1.29 is 13.6 Å². The third-order valence-electron chi connectivity index (χ3n) is 2.94. The van der Waals surface area contributed by atoms with E-state index in [0.717, 1.165) is 24.2 Å². The third kappa shape index (κ3) is 3.01. The highest BCUT2D eigenvalue weighted by molar-refractivity contribution is 5.94. The van der Waals surface area contributed by atoms with Crippen LogP contribution in [-0.4, -0.2) is 27.6 Å². The van der Waals surface area contributed by atoms with Gasteiger partial charge in [-0.1, -0.05) is 0 Å². The average molecular weight is 279 g/mol. The summed E-state index contributed by atoms with van der Waals surface area (Å²) in [6, 6.07) is 2.93. The number of aromatic nitrogens is 2. The zero-order valence-electron chi connectivity index (χ0n) is 11.3. The Kier molecular flexibility index (Phi) is 4.12. The Morgan fingerprint density at radius 1 is 1.40 bits per heavy atom. The highest BCUT2D eigenvalue weighted by atomic mass is 19.1. The second-order valence-electron chi connectivity index (χ2n) is 4.49. The number of amides is 1. The molecule has 0 aliphatic heterocycles. The Balaban J connectivity index is 2.12. The number of hydrogen-bond acceptors (Lipinski definition) is 2. The normalized spacial score (nSPS) is 10.6. The average Bonchev–Trinajstić information content (AvgIpc) is 2.85. The van der Waals surface area contributed by atoms with Crippen molar-refractivity contribution in [3.8, 4) is 0 Å². The monoisotopic (exact) mass is 279 g/mol. The Labute approximate surface area is 115 Å². The number of carbonyl (C=O) groups excluding carboxylic acids is 1. The lowest BCUT2D eigenvalue weighted by molar-refractivity contribution is 0.0780. The minimum atomic E-state index is -0.855. The molecule has 0 aliphatic rings. The summed E-state index contributed by atoms with van der Waals surface area (Å²) in [7, 11) is 1.56. The number of hydrogen-bond donors (Lipinski definition) is 0. The fourth-order valence-electron chi connectivity index (χ4n) is 1.88. The molecule has 1 aromatic heterocycles. The fourth-order valence-corrected chi connectivity index (χ4v) is 1.88. The van der Waals surface area contributed by atoms with E-state index in [-0.39, 0.29) is 5.56 Å². The van der Waals surface area contributed by atoms with E-state index in [1.165, 1.54) is 4.90 Å². The maximum Gasteiger partial charge on any atom is 0.256 e. The number of nitrogens with zero attached hydrogens (tertiary/aromatic N) is 3. The van der Waals surface area contributed by atoms with E-state index in [4.69, 9.17) is 0 Å². The van der Waals surface area contributed by atoms with Crippen molar-refractivity contribution in [2.75, 3.05) is 7.05 Å². The van der Waals surface area contributed by atoms with Crippen LogP contribution >= 0.6 is 0 Å². The molecule has 0 N–H and O–H groups in total. The third-order valence-corrected chi connectivity index (χ3v) is 2.94. The standard InChI is InChI=1S/C14H15F2N3O/c1-3-19-9-10(7-17-19)8-18(2)14(20)12-5-4-11(15)6-13(12)16/h4-7,9H,3,8H2,1-2H3. The van der Waals surface area contributed by atoms with Gasteiger partial charge in [-0.15, -0.1) is 0 Å². The SMILES string of the molecule is CCn1cc(CN(C)C(=O)c2ccc(F)cc2F)cn1. The molecule has 0 atom stereocenters. The first kappa shape index (κ1) is 14.2. The van der Waals surface area contributed by atoms with Gasteiger partial charge in [0, 0.05) is 38.0 Å². The van der Waals surface area contributed by atoms with E-state index >= 15 is 0 Å². The summed E-state index contributed by atoms with van der Waals surface area (Å²) in [5.41, 5.74) is 0.710. The molecule has 1 heterocycles. The molecule has 2 aromatic rings. The van der Waals surface area contributed by atoms with E-state index in [2.05, 4.69) is 5.10 Å². The molecule has 4 nitrogen and oxygen atoms in total. The van der Waals surface area contributed by atoms with E-state index in [1.54, 1.807) is 17.9 Å². The number of rotatable bonds is 4. The van der Waals surface area contributed by atoms with Crippen LogP contribution in [0.1, 0.15) is 22.8 Å². The minimum absolute atomic E-state index is 0.142. The maximum atomic E-state index is 13.6. The molecule has 0 unspecified atom stereocenters. The summed E-state index contributed by atoms with van der Waals surface area (Å²) in [6.07, 6.45) is 3.49. The van der Waals surface area contributed by atoms with E-state index < -0.39 is 17.5 Å². The number of carbonyl (C=O) groups is 1. The van der Waals surface area contributed by atoms with Gasteiger partial charge in [-0.25, -0.2) is 8.78 Å². The lowest BCUT2D eigenvalue weighted by atomic mass is 10.1. The predicted molar refractivity (Wildman–Crippen MR) is 70.1 cm³/mol. The lowest BCUT2D eigenvalue weighted by Gasteiger charge is -2.16. The molecule has 0 saturated heterocycles. The molecule has 0 bridgehead atoms. The summed E-state index contributed by atoms with van der Waals surface area (Å²) >= 11 is 0. The summed E-state index contributed by atoms with van der Waals surface area (Å²) in [5, 5.41) is 4.10. The highest BCUT2D eigenvalue weighted by Gasteiger charge is 2.17. The molecule has 0 saturated carbocycles. The molecule has 1 amide bonds. The summed E-state index contributed by atoms with van der Waals surface area (Å²) in [6.45, 7) is 3.01. The summed E-state index contributed by atoms with van der Waals surface area (Å²) in [4.78, 5) is 13.5. The first-order valence-electron chi connectivity index (χ1n) is 6.23. The second kappa shape index (κ2) is 5.81. The second-order valence-corrected chi connectivity index (χ2v) is 4.49. The first-order chi connectivity index (χ1) is 9.51. The van der Waals surface area contributed by atoms with Crippen molar-refractivity contribution in [1.29, 1.82) is 0 Å². The molecular formula is C14H15F2N3O. The molecule has 0 fully saturated rings. The van der Waals surface area contributed by atoms with Crippen LogP contribution in [0.5, 0.6) is 0 Å². The van der Waals surface area contributed by atoms with Crippen molar-refractivity contribution in [2.24, 2.45) is 0 Å². The van der Waals surface area contributed by atoms with Gasteiger partial charge in [0.05, 0.1) is 11.8 Å². The molecule has 0 radical (unpaired) electrons. The van der Waals surface area contributed by atoms with Crippen molar-refractivity contribution in [3.05, 3.63) is 53.4 Å². The van der Waals surface area contributed by atoms with Crippen molar-refractivity contribution >= 4 is 5.91 Å².